The first kappa shape index (κ1) is 13.2. The molecule has 0 spiro atoms. The van der Waals surface area contributed by atoms with Crippen LogP contribution in [0.2, 0.25) is 0 Å². The summed E-state index contributed by atoms with van der Waals surface area (Å²) >= 11 is 0. The van der Waals surface area contributed by atoms with Gasteiger partial charge in [-0.25, -0.2) is 0 Å². The van der Waals surface area contributed by atoms with Crippen molar-refractivity contribution in [1.82, 2.24) is 4.90 Å². The highest BCUT2D eigenvalue weighted by molar-refractivity contribution is 7.87. The first-order valence-corrected chi connectivity index (χ1v) is 6.51. The third kappa shape index (κ3) is 2.42. The van der Waals surface area contributed by atoms with Crippen molar-refractivity contribution in [3.05, 3.63) is 0 Å². The van der Waals surface area contributed by atoms with E-state index in [1.54, 1.807) is 20.9 Å². The van der Waals surface area contributed by atoms with Crippen LogP contribution in [-0.2, 0) is 20.4 Å². The fraction of sp³-hybridized carbons (Fsp3) is 0.800. The summed E-state index contributed by atoms with van der Waals surface area (Å²) in [6.45, 7) is 3.97. The van der Waals surface area contributed by atoms with E-state index in [2.05, 4.69) is 0 Å². The minimum Gasteiger partial charge on any atom is -0.480 e. The summed E-state index contributed by atoms with van der Waals surface area (Å²) in [5.41, 5.74) is 0. The summed E-state index contributed by atoms with van der Waals surface area (Å²) in [5, 5.41) is 7.41. The second kappa shape index (κ2) is 4.95. The van der Waals surface area contributed by atoms with Crippen molar-refractivity contribution in [3.63, 3.8) is 0 Å². The fourth-order valence-electron chi connectivity index (χ4n) is 1.84. The van der Waals surface area contributed by atoms with Crippen LogP contribution in [0.5, 0.6) is 0 Å². The molecule has 1 fully saturated rings. The van der Waals surface area contributed by atoms with Gasteiger partial charge in [-0.05, 0) is 12.3 Å². The molecule has 0 saturated carbocycles. The molecule has 3 unspecified atom stereocenters. The third-order valence-electron chi connectivity index (χ3n) is 2.76. The summed E-state index contributed by atoms with van der Waals surface area (Å²) < 4.78 is 12.1. The maximum absolute atomic E-state index is 12.1. The van der Waals surface area contributed by atoms with Crippen molar-refractivity contribution < 1.29 is 18.9 Å². The number of carbonyl (C=O) groups is 2. The van der Waals surface area contributed by atoms with Crippen molar-refractivity contribution in [1.29, 1.82) is 0 Å². The Morgan fingerprint density at radius 3 is 2.44 bits per heavy atom. The standard InChI is InChI=1S/C10H17NO4S/c1-6(2)8(10(13)14)16(15)7-4-5-11(3)9(7)12/h6-8H,4-5H2,1-3H3,(H,13,14). The highest BCUT2D eigenvalue weighted by Gasteiger charge is 2.40. The average molecular weight is 247 g/mol. The molecule has 0 aliphatic carbocycles. The zero-order valence-corrected chi connectivity index (χ0v) is 10.5. The van der Waals surface area contributed by atoms with Crippen LogP contribution >= 0.6 is 0 Å². The van der Waals surface area contributed by atoms with Crippen LogP contribution in [0.15, 0.2) is 0 Å². The predicted molar refractivity (Wildman–Crippen MR) is 60.4 cm³/mol. The number of carboxylic acids is 1. The highest BCUT2D eigenvalue weighted by atomic mass is 32.2. The number of carboxylic acid groups (broad SMARTS) is 1. The van der Waals surface area contributed by atoms with Gasteiger partial charge in [-0.2, -0.15) is 0 Å². The van der Waals surface area contributed by atoms with Gasteiger partial charge in [0.1, 0.15) is 10.5 Å². The van der Waals surface area contributed by atoms with E-state index in [4.69, 9.17) is 5.11 Å². The van der Waals surface area contributed by atoms with E-state index < -0.39 is 27.3 Å². The Morgan fingerprint density at radius 1 is 1.56 bits per heavy atom. The Hall–Kier alpha value is -0.910. The molecule has 1 heterocycles. The van der Waals surface area contributed by atoms with E-state index >= 15 is 0 Å². The van der Waals surface area contributed by atoms with Gasteiger partial charge in [-0.15, -0.1) is 0 Å². The van der Waals surface area contributed by atoms with Crippen molar-refractivity contribution >= 4 is 22.7 Å². The molecule has 0 aromatic heterocycles. The zero-order valence-electron chi connectivity index (χ0n) is 9.67. The molecule has 3 atom stereocenters. The van der Waals surface area contributed by atoms with Gasteiger partial charge in [0.05, 0.1) is 0 Å². The zero-order chi connectivity index (χ0) is 12.5. The SMILES string of the molecule is CC(C)C(C(=O)O)S(=O)C1CCN(C)C1=O. The number of hydrogen-bond acceptors (Lipinski definition) is 3. The number of amides is 1. The van der Waals surface area contributed by atoms with Gasteiger partial charge in [0.2, 0.25) is 5.91 Å². The molecule has 0 bridgehead atoms. The molecule has 92 valence electrons. The molecular weight excluding hydrogens is 230 g/mol. The number of nitrogens with zero attached hydrogens (tertiary/aromatic N) is 1. The van der Waals surface area contributed by atoms with E-state index in [1.807, 2.05) is 0 Å². The van der Waals surface area contributed by atoms with Crippen molar-refractivity contribution in [2.75, 3.05) is 13.6 Å². The fourth-order valence-corrected chi connectivity index (χ4v) is 3.64. The van der Waals surface area contributed by atoms with Crippen LogP contribution in [0.4, 0.5) is 0 Å². The Morgan fingerprint density at radius 2 is 2.12 bits per heavy atom. The van der Waals surface area contributed by atoms with Crippen LogP contribution in [0.1, 0.15) is 20.3 Å². The van der Waals surface area contributed by atoms with E-state index in [1.165, 1.54) is 4.90 Å². The summed E-state index contributed by atoms with van der Waals surface area (Å²) in [5.74, 6) is -1.53. The second-order valence-corrected chi connectivity index (χ2v) is 6.10. The molecule has 5 nitrogen and oxygen atoms in total. The summed E-state index contributed by atoms with van der Waals surface area (Å²) in [6, 6.07) is 0. The third-order valence-corrected chi connectivity index (χ3v) is 5.00. The van der Waals surface area contributed by atoms with Gasteiger partial charge in [0, 0.05) is 24.4 Å². The first-order valence-electron chi connectivity index (χ1n) is 5.23. The van der Waals surface area contributed by atoms with E-state index in [9.17, 15) is 13.8 Å². The normalized spacial score (nSPS) is 24.9. The Labute approximate surface area is 97.3 Å². The molecule has 1 N–H and O–H groups in total. The highest BCUT2D eigenvalue weighted by Crippen LogP contribution is 2.21. The van der Waals surface area contributed by atoms with Gasteiger partial charge in [0.15, 0.2) is 0 Å². The number of rotatable bonds is 4. The molecule has 16 heavy (non-hydrogen) atoms. The summed E-state index contributed by atoms with van der Waals surface area (Å²) in [6.07, 6.45) is 0.485. The lowest BCUT2D eigenvalue weighted by atomic mass is 10.1. The molecule has 0 aromatic rings. The molecule has 6 heteroatoms. The topological polar surface area (TPSA) is 74.7 Å². The number of likely N-dealkylation sites (tertiary alicyclic amines) is 1. The molecule has 1 saturated heterocycles. The number of hydrogen-bond donors (Lipinski definition) is 1. The number of aliphatic carboxylic acids is 1. The first-order chi connectivity index (χ1) is 7.36. The molecule has 1 aliphatic heterocycles. The van der Waals surface area contributed by atoms with E-state index in [0.29, 0.717) is 13.0 Å². The minimum absolute atomic E-state index is 0.203. The van der Waals surface area contributed by atoms with Crippen LogP contribution in [0.3, 0.4) is 0 Å². The smallest absolute Gasteiger partial charge is 0.319 e. The van der Waals surface area contributed by atoms with Crippen LogP contribution in [0, 0.1) is 5.92 Å². The predicted octanol–water partition coefficient (Wildman–Crippen LogP) is 0.0750. The maximum atomic E-state index is 12.1. The van der Waals surface area contributed by atoms with Gasteiger partial charge in [0.25, 0.3) is 0 Å². The van der Waals surface area contributed by atoms with Gasteiger partial charge >= 0.3 is 5.97 Å². The largest absolute Gasteiger partial charge is 0.480 e. The molecule has 1 rings (SSSR count). The Kier molecular flexibility index (Phi) is 4.07. The molecule has 1 amide bonds. The van der Waals surface area contributed by atoms with Crippen molar-refractivity contribution in [3.8, 4) is 0 Å². The van der Waals surface area contributed by atoms with Crippen LogP contribution < -0.4 is 0 Å². The Bertz CT molecular complexity index is 329. The van der Waals surface area contributed by atoms with Crippen LogP contribution in [-0.4, -0.2) is 50.2 Å². The summed E-state index contributed by atoms with van der Waals surface area (Å²) in [4.78, 5) is 24.1. The quantitative estimate of drug-likeness (QED) is 0.763. The van der Waals surface area contributed by atoms with Crippen LogP contribution in [0.25, 0.3) is 0 Å². The average Bonchev–Trinajstić information content (AvgIpc) is 2.46. The molecular formula is C10H17NO4S. The summed E-state index contributed by atoms with van der Waals surface area (Å²) in [7, 11) is 0.00864. The van der Waals surface area contributed by atoms with E-state index in [0.717, 1.165) is 0 Å². The monoisotopic (exact) mass is 247 g/mol. The van der Waals surface area contributed by atoms with E-state index in [-0.39, 0.29) is 11.8 Å². The molecule has 0 aromatic carbocycles. The van der Waals surface area contributed by atoms with Crippen molar-refractivity contribution in [2.45, 2.75) is 30.8 Å². The maximum Gasteiger partial charge on any atom is 0.319 e. The molecule has 0 radical (unpaired) electrons. The Balaban J connectivity index is 2.84. The number of carbonyl (C=O) groups excluding carboxylic acids is 1. The second-order valence-electron chi connectivity index (χ2n) is 4.37. The minimum atomic E-state index is -1.63. The lowest BCUT2D eigenvalue weighted by Gasteiger charge is -2.19. The molecule has 1 aliphatic rings. The van der Waals surface area contributed by atoms with Gasteiger partial charge in [-0.3, -0.25) is 13.8 Å². The van der Waals surface area contributed by atoms with Crippen molar-refractivity contribution in [2.24, 2.45) is 5.92 Å². The lowest BCUT2D eigenvalue weighted by Crippen LogP contribution is -2.39. The lowest BCUT2D eigenvalue weighted by molar-refractivity contribution is -0.137. The van der Waals surface area contributed by atoms with Gasteiger partial charge in [-0.1, -0.05) is 13.8 Å². The van der Waals surface area contributed by atoms with Gasteiger partial charge < -0.3 is 10.0 Å².